The fourth-order valence-corrected chi connectivity index (χ4v) is 5.02. The highest BCUT2D eigenvalue weighted by Crippen LogP contribution is 2.30. The molecule has 0 amide bonds. The fraction of sp³-hybridized carbons (Fsp3) is 0.200. The molecule has 1 aromatic heterocycles. The van der Waals surface area contributed by atoms with Crippen molar-refractivity contribution < 1.29 is 28.2 Å². The minimum Gasteiger partial charge on any atom is -0.473 e. The van der Waals surface area contributed by atoms with Crippen LogP contribution in [0.15, 0.2) is 71.8 Å². The van der Waals surface area contributed by atoms with Crippen molar-refractivity contribution in [1.29, 1.82) is 0 Å². The van der Waals surface area contributed by atoms with E-state index in [0.29, 0.717) is 10.6 Å². The molecule has 1 heterocycles. The van der Waals surface area contributed by atoms with E-state index in [9.17, 15) is 8.42 Å². The van der Waals surface area contributed by atoms with Gasteiger partial charge in [0.1, 0.15) is 0 Å². The van der Waals surface area contributed by atoms with Crippen molar-refractivity contribution in [3.63, 3.8) is 0 Å². The van der Waals surface area contributed by atoms with Crippen LogP contribution in [0.25, 0.3) is 21.7 Å². The van der Waals surface area contributed by atoms with Gasteiger partial charge in [-0.1, -0.05) is 36.4 Å². The standard InChI is InChI=1S/C23H25N3O2S.C2H2O4/c1-25(2)14-13-18-16-24-22-12-11-19(15-21(18)22)26(3)29(27,28)23-10-6-8-17-7-4-5-9-20(17)23;3-1(4)2(5)6/h4-12,15-16,24H,13-14H2,1-3H3;(H,3,4)(H,5,6). The number of aromatic nitrogens is 1. The Kier molecular flexibility index (Phi) is 7.78. The molecule has 0 saturated carbocycles. The third kappa shape index (κ3) is 5.79. The molecule has 0 unspecified atom stereocenters. The summed E-state index contributed by atoms with van der Waals surface area (Å²) in [5, 5.41) is 17.5. The van der Waals surface area contributed by atoms with Crippen LogP contribution in [0.1, 0.15) is 5.56 Å². The summed E-state index contributed by atoms with van der Waals surface area (Å²) < 4.78 is 28.2. The number of nitrogens with zero attached hydrogens (tertiary/aromatic N) is 2. The molecule has 35 heavy (non-hydrogen) atoms. The number of anilines is 1. The fourth-order valence-electron chi connectivity index (χ4n) is 3.62. The molecule has 9 nitrogen and oxygen atoms in total. The van der Waals surface area contributed by atoms with Gasteiger partial charge < -0.3 is 20.1 Å². The van der Waals surface area contributed by atoms with Gasteiger partial charge in [0.05, 0.1) is 10.6 Å². The van der Waals surface area contributed by atoms with E-state index in [2.05, 4.69) is 9.88 Å². The maximum atomic E-state index is 13.4. The summed E-state index contributed by atoms with van der Waals surface area (Å²) in [5.74, 6) is -3.65. The summed E-state index contributed by atoms with van der Waals surface area (Å²) in [6.45, 7) is 0.932. The quantitative estimate of drug-likeness (QED) is 0.348. The van der Waals surface area contributed by atoms with Crippen LogP contribution in [-0.2, 0) is 26.0 Å². The molecule has 3 aromatic carbocycles. The van der Waals surface area contributed by atoms with Crippen LogP contribution >= 0.6 is 0 Å². The number of rotatable bonds is 6. The lowest BCUT2D eigenvalue weighted by atomic mass is 10.1. The number of hydrogen-bond donors (Lipinski definition) is 3. The van der Waals surface area contributed by atoms with Crippen LogP contribution in [0.5, 0.6) is 0 Å². The van der Waals surface area contributed by atoms with Crippen molar-refractivity contribution in [1.82, 2.24) is 9.88 Å². The first-order valence-electron chi connectivity index (χ1n) is 10.7. The first-order valence-corrected chi connectivity index (χ1v) is 12.1. The molecule has 184 valence electrons. The third-order valence-electron chi connectivity index (χ3n) is 5.51. The normalized spacial score (nSPS) is 11.3. The van der Waals surface area contributed by atoms with Gasteiger partial charge in [0.25, 0.3) is 10.0 Å². The summed E-state index contributed by atoms with van der Waals surface area (Å²) in [4.78, 5) is 23.9. The van der Waals surface area contributed by atoms with Crippen LogP contribution in [0.3, 0.4) is 0 Å². The van der Waals surface area contributed by atoms with Crippen LogP contribution in [-0.4, -0.2) is 68.1 Å². The van der Waals surface area contributed by atoms with Gasteiger partial charge in [-0.05, 0) is 55.7 Å². The molecule has 4 aromatic rings. The Hall–Kier alpha value is -3.89. The topological polar surface area (TPSA) is 131 Å². The van der Waals surface area contributed by atoms with Crippen molar-refractivity contribution >= 4 is 49.3 Å². The zero-order valence-electron chi connectivity index (χ0n) is 19.6. The predicted octanol–water partition coefficient (Wildman–Crippen LogP) is 3.41. The Morgan fingerprint density at radius 1 is 0.886 bits per heavy atom. The molecule has 0 aliphatic heterocycles. The van der Waals surface area contributed by atoms with Gasteiger partial charge in [-0.3, -0.25) is 4.31 Å². The number of H-pyrrole nitrogens is 1. The van der Waals surface area contributed by atoms with E-state index in [-0.39, 0.29) is 0 Å². The Bertz CT molecular complexity index is 1460. The number of carboxylic acids is 2. The molecule has 0 bridgehead atoms. The zero-order chi connectivity index (χ0) is 25.8. The van der Waals surface area contributed by atoms with Gasteiger partial charge in [-0.15, -0.1) is 0 Å². The summed E-state index contributed by atoms with van der Waals surface area (Å²) in [6, 6.07) is 18.7. The molecule has 0 radical (unpaired) electrons. The van der Waals surface area contributed by atoms with Crippen molar-refractivity contribution in [3.8, 4) is 0 Å². The highest BCUT2D eigenvalue weighted by molar-refractivity contribution is 7.93. The third-order valence-corrected chi connectivity index (χ3v) is 7.36. The number of aromatic amines is 1. The zero-order valence-corrected chi connectivity index (χ0v) is 20.4. The average molecular weight is 498 g/mol. The average Bonchev–Trinajstić information content (AvgIpc) is 3.24. The minimum atomic E-state index is -3.69. The molecule has 0 spiro atoms. The number of aliphatic carboxylic acids is 2. The second-order valence-corrected chi connectivity index (χ2v) is 10.1. The highest BCUT2D eigenvalue weighted by atomic mass is 32.2. The lowest BCUT2D eigenvalue weighted by Crippen LogP contribution is -2.26. The van der Waals surface area contributed by atoms with Crippen LogP contribution in [0.2, 0.25) is 0 Å². The Morgan fingerprint density at radius 2 is 1.54 bits per heavy atom. The van der Waals surface area contributed by atoms with Crippen molar-refractivity contribution in [2.24, 2.45) is 0 Å². The minimum absolute atomic E-state index is 0.320. The van der Waals surface area contributed by atoms with E-state index in [1.807, 2.05) is 68.8 Å². The second-order valence-electron chi connectivity index (χ2n) is 8.16. The molecule has 0 aliphatic rings. The number of fused-ring (bicyclic) bond motifs is 2. The van der Waals surface area contributed by atoms with Crippen LogP contribution in [0, 0.1) is 0 Å². The van der Waals surface area contributed by atoms with E-state index in [4.69, 9.17) is 19.8 Å². The van der Waals surface area contributed by atoms with Gasteiger partial charge in [0, 0.05) is 36.1 Å². The van der Waals surface area contributed by atoms with Crippen molar-refractivity contribution in [2.75, 3.05) is 32.0 Å². The van der Waals surface area contributed by atoms with E-state index >= 15 is 0 Å². The van der Waals surface area contributed by atoms with Crippen molar-refractivity contribution in [3.05, 3.63) is 72.4 Å². The Labute approximate surface area is 203 Å². The predicted molar refractivity (Wildman–Crippen MR) is 135 cm³/mol. The molecular weight excluding hydrogens is 470 g/mol. The smallest absolute Gasteiger partial charge is 0.414 e. The Balaban J connectivity index is 0.000000509. The summed E-state index contributed by atoms with van der Waals surface area (Å²) in [5.41, 5.74) is 2.85. The summed E-state index contributed by atoms with van der Waals surface area (Å²) in [7, 11) is 2.01. The maximum Gasteiger partial charge on any atom is 0.414 e. The molecule has 3 N–H and O–H groups in total. The number of likely N-dealkylation sites (N-methyl/N-ethyl adjacent to an activating group) is 1. The number of sulfonamides is 1. The number of nitrogens with one attached hydrogen (secondary N) is 1. The van der Waals surface area contributed by atoms with E-state index in [0.717, 1.165) is 34.6 Å². The van der Waals surface area contributed by atoms with Gasteiger partial charge in [-0.2, -0.15) is 0 Å². The Morgan fingerprint density at radius 3 is 2.20 bits per heavy atom. The summed E-state index contributed by atoms with van der Waals surface area (Å²) in [6.07, 6.45) is 2.91. The highest BCUT2D eigenvalue weighted by Gasteiger charge is 2.24. The van der Waals surface area contributed by atoms with Gasteiger partial charge in [0.2, 0.25) is 0 Å². The monoisotopic (exact) mass is 497 g/mol. The molecule has 0 fully saturated rings. The van der Waals surface area contributed by atoms with Crippen LogP contribution in [0.4, 0.5) is 5.69 Å². The molecule has 0 atom stereocenters. The van der Waals surface area contributed by atoms with Gasteiger partial charge >= 0.3 is 11.9 Å². The molecular formula is C25H27N3O6S. The first kappa shape index (κ1) is 25.7. The number of benzene rings is 3. The SMILES string of the molecule is CN(C)CCc1c[nH]c2ccc(N(C)S(=O)(=O)c3cccc4ccccc34)cc12.O=C(O)C(=O)O. The first-order chi connectivity index (χ1) is 16.5. The van der Waals surface area contributed by atoms with Gasteiger partial charge in [0.15, 0.2) is 0 Å². The molecule has 10 heteroatoms. The lowest BCUT2D eigenvalue weighted by Gasteiger charge is -2.21. The van der Waals surface area contributed by atoms with E-state index < -0.39 is 22.0 Å². The maximum absolute atomic E-state index is 13.4. The molecule has 4 rings (SSSR count). The molecule has 0 aliphatic carbocycles. The van der Waals surface area contributed by atoms with Crippen molar-refractivity contribution in [2.45, 2.75) is 11.3 Å². The van der Waals surface area contributed by atoms with E-state index in [1.165, 1.54) is 9.87 Å². The van der Waals surface area contributed by atoms with E-state index in [1.54, 1.807) is 19.2 Å². The summed E-state index contributed by atoms with van der Waals surface area (Å²) >= 11 is 0. The molecule has 0 saturated heterocycles. The largest absolute Gasteiger partial charge is 0.473 e. The number of carbonyl (C=O) groups is 2. The lowest BCUT2D eigenvalue weighted by molar-refractivity contribution is -0.159. The van der Waals surface area contributed by atoms with Crippen LogP contribution < -0.4 is 4.31 Å². The second kappa shape index (κ2) is 10.6. The number of carboxylic acid groups (broad SMARTS) is 2. The van der Waals surface area contributed by atoms with Gasteiger partial charge in [-0.25, -0.2) is 18.0 Å². The number of hydrogen-bond acceptors (Lipinski definition) is 5.